The Morgan fingerprint density at radius 1 is 1.33 bits per heavy atom. The first-order chi connectivity index (χ1) is 8.33. The van der Waals surface area contributed by atoms with Crippen LogP contribution in [0, 0.1) is 5.92 Å². The standard InChI is InChI=1S/C13H22N2O3/c1-13(2,3)18-12(17)15-10-7-8-4-5-9(6-8)14-11(10)16/h8-10H,4-7H2,1-3H3,(H,14,16)(H,15,17)/t8-,9-,10+/m0/s1. The zero-order valence-corrected chi connectivity index (χ0v) is 11.3. The van der Waals surface area contributed by atoms with E-state index in [4.69, 9.17) is 4.74 Å². The fraction of sp³-hybridized carbons (Fsp3) is 0.846. The normalized spacial score (nSPS) is 31.5. The average molecular weight is 254 g/mol. The van der Waals surface area contributed by atoms with E-state index in [0.717, 1.165) is 25.7 Å². The number of carbonyl (C=O) groups is 2. The minimum atomic E-state index is -0.537. The number of ether oxygens (including phenoxy) is 1. The van der Waals surface area contributed by atoms with Gasteiger partial charge in [0.1, 0.15) is 11.6 Å². The summed E-state index contributed by atoms with van der Waals surface area (Å²) < 4.78 is 5.18. The minimum absolute atomic E-state index is 0.0759. The van der Waals surface area contributed by atoms with Gasteiger partial charge in [-0.15, -0.1) is 0 Å². The molecule has 1 saturated heterocycles. The Kier molecular flexibility index (Phi) is 3.50. The zero-order chi connectivity index (χ0) is 13.3. The lowest BCUT2D eigenvalue weighted by molar-refractivity contribution is -0.123. The first kappa shape index (κ1) is 13.2. The van der Waals surface area contributed by atoms with E-state index < -0.39 is 17.7 Å². The number of fused-ring (bicyclic) bond motifs is 2. The molecule has 0 aromatic carbocycles. The van der Waals surface area contributed by atoms with Gasteiger partial charge in [-0.3, -0.25) is 4.79 Å². The molecule has 2 N–H and O–H groups in total. The molecule has 2 aliphatic rings. The van der Waals surface area contributed by atoms with E-state index in [1.807, 2.05) is 20.8 Å². The molecule has 5 heteroatoms. The van der Waals surface area contributed by atoms with Gasteiger partial charge < -0.3 is 15.4 Å². The van der Waals surface area contributed by atoms with Crippen molar-refractivity contribution in [2.24, 2.45) is 5.92 Å². The summed E-state index contributed by atoms with van der Waals surface area (Å²) in [5.41, 5.74) is -0.537. The molecular formula is C13H22N2O3. The van der Waals surface area contributed by atoms with Crippen LogP contribution < -0.4 is 10.6 Å². The summed E-state index contributed by atoms with van der Waals surface area (Å²) in [5, 5.41) is 5.66. The molecule has 1 heterocycles. The predicted molar refractivity (Wildman–Crippen MR) is 67.0 cm³/mol. The van der Waals surface area contributed by atoms with Gasteiger partial charge in [0, 0.05) is 6.04 Å². The number of hydrogen-bond acceptors (Lipinski definition) is 3. The second kappa shape index (κ2) is 4.78. The Balaban J connectivity index is 1.92. The Labute approximate surface area is 108 Å². The van der Waals surface area contributed by atoms with E-state index >= 15 is 0 Å². The van der Waals surface area contributed by atoms with Crippen molar-refractivity contribution < 1.29 is 14.3 Å². The Morgan fingerprint density at radius 3 is 2.72 bits per heavy atom. The van der Waals surface area contributed by atoms with Crippen LogP contribution in [0.25, 0.3) is 0 Å². The van der Waals surface area contributed by atoms with Gasteiger partial charge in [-0.2, -0.15) is 0 Å². The Morgan fingerprint density at radius 2 is 2.06 bits per heavy atom. The van der Waals surface area contributed by atoms with Crippen molar-refractivity contribution in [3.05, 3.63) is 0 Å². The van der Waals surface area contributed by atoms with Gasteiger partial charge in [0.2, 0.25) is 5.91 Å². The van der Waals surface area contributed by atoms with Gasteiger partial charge in [-0.1, -0.05) is 0 Å². The van der Waals surface area contributed by atoms with Crippen LogP contribution in [0.15, 0.2) is 0 Å². The molecule has 0 unspecified atom stereocenters. The molecule has 2 amide bonds. The van der Waals surface area contributed by atoms with Crippen LogP contribution >= 0.6 is 0 Å². The van der Waals surface area contributed by atoms with Gasteiger partial charge in [-0.05, 0) is 52.4 Å². The Bertz CT molecular complexity index is 349. The number of carbonyl (C=O) groups excluding carboxylic acids is 2. The molecule has 1 saturated carbocycles. The van der Waals surface area contributed by atoms with Crippen molar-refractivity contribution >= 4 is 12.0 Å². The molecule has 3 atom stereocenters. The molecule has 0 spiro atoms. The second-order valence-corrected chi connectivity index (χ2v) is 6.32. The quantitative estimate of drug-likeness (QED) is 0.746. The highest BCUT2D eigenvalue weighted by Crippen LogP contribution is 2.31. The van der Waals surface area contributed by atoms with Crippen LogP contribution in [0.4, 0.5) is 4.79 Å². The van der Waals surface area contributed by atoms with Gasteiger partial charge in [0.15, 0.2) is 0 Å². The summed E-state index contributed by atoms with van der Waals surface area (Å²) >= 11 is 0. The zero-order valence-electron chi connectivity index (χ0n) is 11.3. The van der Waals surface area contributed by atoms with Crippen molar-refractivity contribution in [2.75, 3.05) is 0 Å². The topological polar surface area (TPSA) is 67.4 Å². The van der Waals surface area contributed by atoms with E-state index in [-0.39, 0.29) is 5.91 Å². The highest BCUT2D eigenvalue weighted by molar-refractivity contribution is 5.86. The van der Waals surface area contributed by atoms with Crippen molar-refractivity contribution in [3.8, 4) is 0 Å². The summed E-state index contributed by atoms with van der Waals surface area (Å²) in [6.07, 6.45) is 3.45. The first-order valence-electron chi connectivity index (χ1n) is 6.63. The lowest BCUT2D eigenvalue weighted by Crippen LogP contribution is -2.49. The SMILES string of the molecule is CC(C)(C)OC(=O)N[C@@H]1C[C@H]2CC[C@@H](C2)NC1=O. The van der Waals surface area contributed by atoms with Crippen LogP contribution in [0.2, 0.25) is 0 Å². The molecule has 0 aromatic rings. The average Bonchev–Trinajstić information content (AvgIpc) is 2.54. The van der Waals surface area contributed by atoms with Crippen molar-refractivity contribution in [2.45, 2.75) is 64.1 Å². The maximum absolute atomic E-state index is 11.9. The third-order valence-corrected chi connectivity index (χ3v) is 3.46. The third-order valence-electron chi connectivity index (χ3n) is 3.46. The lowest BCUT2D eigenvalue weighted by Gasteiger charge is -2.24. The number of hydrogen-bond donors (Lipinski definition) is 2. The highest BCUT2D eigenvalue weighted by atomic mass is 16.6. The maximum atomic E-state index is 11.9. The minimum Gasteiger partial charge on any atom is -0.444 e. The van der Waals surface area contributed by atoms with Gasteiger partial charge in [0.25, 0.3) is 0 Å². The molecule has 0 radical (unpaired) electrons. The highest BCUT2D eigenvalue weighted by Gasteiger charge is 2.36. The van der Waals surface area contributed by atoms with Crippen LogP contribution in [-0.4, -0.2) is 29.7 Å². The maximum Gasteiger partial charge on any atom is 0.408 e. The van der Waals surface area contributed by atoms with Gasteiger partial charge in [0.05, 0.1) is 0 Å². The van der Waals surface area contributed by atoms with Crippen LogP contribution in [0.5, 0.6) is 0 Å². The third kappa shape index (κ3) is 3.37. The Hall–Kier alpha value is -1.26. The molecule has 2 fully saturated rings. The molecule has 18 heavy (non-hydrogen) atoms. The van der Waals surface area contributed by atoms with Gasteiger partial charge >= 0.3 is 6.09 Å². The van der Waals surface area contributed by atoms with Crippen LogP contribution in [-0.2, 0) is 9.53 Å². The van der Waals surface area contributed by atoms with Crippen molar-refractivity contribution in [1.82, 2.24) is 10.6 Å². The van der Waals surface area contributed by atoms with Gasteiger partial charge in [-0.25, -0.2) is 4.79 Å². The van der Waals surface area contributed by atoms with Crippen LogP contribution in [0.1, 0.15) is 46.5 Å². The lowest BCUT2D eigenvalue weighted by atomic mass is 9.99. The molecule has 2 rings (SSSR count). The second-order valence-electron chi connectivity index (χ2n) is 6.32. The van der Waals surface area contributed by atoms with Crippen molar-refractivity contribution in [3.63, 3.8) is 0 Å². The predicted octanol–water partition coefficient (Wildman–Crippen LogP) is 1.57. The molecule has 5 nitrogen and oxygen atoms in total. The van der Waals surface area contributed by atoms with E-state index in [1.54, 1.807) is 0 Å². The summed E-state index contributed by atoms with van der Waals surface area (Å²) in [6, 6.07) is -0.150. The molecule has 102 valence electrons. The molecular weight excluding hydrogens is 232 g/mol. The molecule has 0 aromatic heterocycles. The van der Waals surface area contributed by atoms with E-state index in [1.165, 1.54) is 0 Å². The van der Waals surface area contributed by atoms with E-state index in [2.05, 4.69) is 10.6 Å². The number of alkyl carbamates (subject to hydrolysis) is 1. The summed E-state index contributed by atoms with van der Waals surface area (Å²) in [4.78, 5) is 23.6. The number of amides is 2. The summed E-state index contributed by atoms with van der Waals surface area (Å²) in [5.74, 6) is 0.460. The summed E-state index contributed by atoms with van der Waals surface area (Å²) in [6.45, 7) is 5.42. The molecule has 1 aliphatic carbocycles. The number of rotatable bonds is 1. The van der Waals surface area contributed by atoms with Crippen molar-refractivity contribution in [1.29, 1.82) is 0 Å². The molecule has 2 bridgehead atoms. The fourth-order valence-corrected chi connectivity index (χ4v) is 2.74. The number of nitrogens with one attached hydrogen (secondary N) is 2. The largest absolute Gasteiger partial charge is 0.444 e. The van der Waals surface area contributed by atoms with Crippen LogP contribution in [0.3, 0.4) is 0 Å². The smallest absolute Gasteiger partial charge is 0.408 e. The molecule has 1 aliphatic heterocycles. The monoisotopic (exact) mass is 254 g/mol. The van der Waals surface area contributed by atoms with E-state index in [9.17, 15) is 9.59 Å². The fourth-order valence-electron chi connectivity index (χ4n) is 2.74. The van der Waals surface area contributed by atoms with E-state index in [0.29, 0.717) is 12.0 Å². The summed E-state index contributed by atoms with van der Waals surface area (Å²) in [7, 11) is 0. The first-order valence-corrected chi connectivity index (χ1v) is 6.63.